The van der Waals surface area contributed by atoms with Crippen LogP contribution in [0.1, 0.15) is 23.3 Å². The first-order chi connectivity index (χ1) is 12.3. The number of amides is 1. The highest BCUT2D eigenvalue weighted by molar-refractivity contribution is 5.97. The summed E-state index contributed by atoms with van der Waals surface area (Å²) in [5, 5.41) is 6.32. The molecule has 1 amide bonds. The lowest BCUT2D eigenvalue weighted by Crippen LogP contribution is -2.38. The third-order valence-corrected chi connectivity index (χ3v) is 4.54. The molecule has 1 aromatic carbocycles. The Kier molecular flexibility index (Phi) is 4.56. The second-order valence-electron chi connectivity index (χ2n) is 6.31. The van der Waals surface area contributed by atoms with Crippen LogP contribution in [0.3, 0.4) is 0 Å². The van der Waals surface area contributed by atoms with Gasteiger partial charge in [0.1, 0.15) is 13.2 Å². The maximum atomic E-state index is 12.5. The number of oxazole rings is 1. The topological polar surface area (TPSA) is 85.6 Å². The third kappa shape index (κ3) is 3.46. The lowest BCUT2D eigenvalue weighted by molar-refractivity contribution is 0.0940. The van der Waals surface area contributed by atoms with E-state index in [0.717, 1.165) is 31.5 Å². The summed E-state index contributed by atoms with van der Waals surface area (Å²) >= 11 is 0. The molecule has 7 heteroatoms. The maximum Gasteiger partial charge on any atom is 0.273 e. The Labute approximate surface area is 145 Å². The molecule has 0 saturated carbocycles. The standard InChI is InChI=1S/C18H21N3O4/c22-18(20-10-12-2-1-5-19-9-12)16-17(25-11-21-16)13-3-4-14-15(8-13)24-7-6-23-14/h3-4,8,11-12,19H,1-2,5-7,9-10H2,(H,20,22). The van der Waals surface area contributed by atoms with Crippen LogP contribution in [0.15, 0.2) is 29.0 Å². The van der Waals surface area contributed by atoms with Crippen molar-refractivity contribution in [2.75, 3.05) is 32.8 Å². The summed E-state index contributed by atoms with van der Waals surface area (Å²) in [5.41, 5.74) is 1.03. The zero-order valence-corrected chi connectivity index (χ0v) is 13.9. The van der Waals surface area contributed by atoms with Crippen molar-refractivity contribution in [3.05, 3.63) is 30.3 Å². The van der Waals surface area contributed by atoms with E-state index in [-0.39, 0.29) is 5.91 Å². The van der Waals surface area contributed by atoms with E-state index in [4.69, 9.17) is 13.9 Å². The number of hydrogen-bond donors (Lipinski definition) is 2. The summed E-state index contributed by atoms with van der Waals surface area (Å²) < 4.78 is 16.6. The number of nitrogens with one attached hydrogen (secondary N) is 2. The first kappa shape index (κ1) is 16.0. The Morgan fingerprint density at radius 3 is 3.00 bits per heavy atom. The monoisotopic (exact) mass is 343 g/mol. The first-order valence-electron chi connectivity index (χ1n) is 8.63. The van der Waals surface area contributed by atoms with Crippen LogP contribution >= 0.6 is 0 Å². The van der Waals surface area contributed by atoms with Crippen LogP contribution in [0.4, 0.5) is 0 Å². The van der Waals surface area contributed by atoms with Gasteiger partial charge in [0.2, 0.25) is 0 Å². The summed E-state index contributed by atoms with van der Waals surface area (Å²) in [6.07, 6.45) is 3.57. The van der Waals surface area contributed by atoms with E-state index in [1.54, 1.807) is 0 Å². The molecule has 0 bridgehead atoms. The fourth-order valence-corrected chi connectivity index (χ4v) is 3.22. The average molecular weight is 343 g/mol. The fraction of sp³-hybridized carbons (Fsp3) is 0.444. The van der Waals surface area contributed by atoms with E-state index in [1.807, 2.05) is 18.2 Å². The number of hydrogen-bond acceptors (Lipinski definition) is 6. The molecule has 132 valence electrons. The fourth-order valence-electron chi connectivity index (χ4n) is 3.22. The summed E-state index contributed by atoms with van der Waals surface area (Å²) in [4.78, 5) is 16.6. The zero-order valence-electron chi connectivity index (χ0n) is 13.9. The highest BCUT2D eigenvalue weighted by atomic mass is 16.6. The Bertz CT molecular complexity index is 753. The highest BCUT2D eigenvalue weighted by Gasteiger charge is 2.22. The molecule has 7 nitrogen and oxygen atoms in total. The van der Waals surface area contributed by atoms with E-state index in [0.29, 0.717) is 48.6 Å². The molecule has 1 saturated heterocycles. The molecule has 4 rings (SSSR count). The molecule has 1 atom stereocenters. The maximum absolute atomic E-state index is 12.5. The van der Waals surface area contributed by atoms with Crippen molar-refractivity contribution >= 4 is 5.91 Å². The van der Waals surface area contributed by atoms with Gasteiger partial charge in [-0.05, 0) is 50.0 Å². The van der Waals surface area contributed by atoms with Gasteiger partial charge in [0, 0.05) is 12.1 Å². The van der Waals surface area contributed by atoms with Gasteiger partial charge in [-0.15, -0.1) is 0 Å². The van der Waals surface area contributed by atoms with Gasteiger partial charge in [0.25, 0.3) is 5.91 Å². The number of carbonyl (C=O) groups is 1. The summed E-state index contributed by atoms with van der Waals surface area (Å²) in [6, 6.07) is 5.48. The average Bonchev–Trinajstić information content (AvgIpc) is 3.16. The molecule has 1 fully saturated rings. The van der Waals surface area contributed by atoms with Crippen LogP contribution in [-0.4, -0.2) is 43.7 Å². The molecule has 2 N–H and O–H groups in total. The van der Waals surface area contributed by atoms with Gasteiger partial charge in [-0.1, -0.05) is 0 Å². The minimum atomic E-state index is -0.218. The van der Waals surface area contributed by atoms with Crippen molar-refractivity contribution < 1.29 is 18.7 Å². The van der Waals surface area contributed by atoms with Crippen LogP contribution in [0.25, 0.3) is 11.3 Å². The van der Waals surface area contributed by atoms with E-state index in [9.17, 15) is 4.79 Å². The molecule has 0 radical (unpaired) electrons. The van der Waals surface area contributed by atoms with Gasteiger partial charge in [0.15, 0.2) is 29.3 Å². The van der Waals surface area contributed by atoms with Gasteiger partial charge < -0.3 is 24.5 Å². The van der Waals surface area contributed by atoms with E-state index < -0.39 is 0 Å². The van der Waals surface area contributed by atoms with Crippen molar-refractivity contribution in [1.29, 1.82) is 0 Å². The zero-order chi connectivity index (χ0) is 17.1. The molecule has 0 aliphatic carbocycles. The summed E-state index contributed by atoms with van der Waals surface area (Å²) in [5.74, 6) is 2.04. The summed E-state index contributed by atoms with van der Waals surface area (Å²) in [7, 11) is 0. The molecule has 2 aliphatic heterocycles. The predicted octanol–water partition coefficient (Wildman–Crippen LogP) is 1.84. The predicted molar refractivity (Wildman–Crippen MR) is 90.9 cm³/mol. The number of carbonyl (C=O) groups excluding carboxylic acids is 1. The number of nitrogens with zero attached hydrogens (tertiary/aromatic N) is 1. The molecule has 1 aromatic heterocycles. The van der Waals surface area contributed by atoms with E-state index in [2.05, 4.69) is 15.6 Å². The number of piperidine rings is 1. The second kappa shape index (κ2) is 7.14. The van der Waals surface area contributed by atoms with Gasteiger partial charge >= 0.3 is 0 Å². The smallest absolute Gasteiger partial charge is 0.273 e. The molecule has 3 heterocycles. The van der Waals surface area contributed by atoms with Gasteiger partial charge in [-0.25, -0.2) is 4.98 Å². The third-order valence-electron chi connectivity index (χ3n) is 4.54. The second-order valence-corrected chi connectivity index (χ2v) is 6.31. The molecular weight excluding hydrogens is 322 g/mol. The quantitative estimate of drug-likeness (QED) is 0.881. The normalized spacial score (nSPS) is 19.4. The van der Waals surface area contributed by atoms with Crippen LogP contribution < -0.4 is 20.1 Å². The molecular formula is C18H21N3O4. The Balaban J connectivity index is 1.49. The van der Waals surface area contributed by atoms with Gasteiger partial charge in [-0.2, -0.15) is 0 Å². The van der Waals surface area contributed by atoms with Crippen LogP contribution in [0.2, 0.25) is 0 Å². The van der Waals surface area contributed by atoms with Crippen molar-refractivity contribution in [2.45, 2.75) is 12.8 Å². The number of ether oxygens (including phenoxy) is 2. The van der Waals surface area contributed by atoms with Crippen molar-refractivity contribution in [2.24, 2.45) is 5.92 Å². The first-order valence-corrected chi connectivity index (χ1v) is 8.63. The largest absolute Gasteiger partial charge is 0.486 e. The Hall–Kier alpha value is -2.54. The number of aromatic nitrogens is 1. The van der Waals surface area contributed by atoms with Crippen molar-refractivity contribution in [1.82, 2.24) is 15.6 Å². The minimum absolute atomic E-state index is 0.218. The van der Waals surface area contributed by atoms with E-state index >= 15 is 0 Å². The molecule has 1 unspecified atom stereocenters. The minimum Gasteiger partial charge on any atom is -0.486 e. The van der Waals surface area contributed by atoms with E-state index in [1.165, 1.54) is 6.39 Å². The number of fused-ring (bicyclic) bond motifs is 1. The Morgan fingerprint density at radius 1 is 1.28 bits per heavy atom. The van der Waals surface area contributed by atoms with Crippen molar-refractivity contribution in [3.63, 3.8) is 0 Å². The number of benzene rings is 1. The molecule has 0 spiro atoms. The van der Waals surface area contributed by atoms with Crippen molar-refractivity contribution in [3.8, 4) is 22.8 Å². The van der Waals surface area contributed by atoms with Crippen LogP contribution in [-0.2, 0) is 0 Å². The van der Waals surface area contributed by atoms with Gasteiger partial charge in [-0.3, -0.25) is 4.79 Å². The SMILES string of the molecule is O=C(NCC1CCCNC1)c1ncoc1-c1ccc2c(c1)OCCO2. The molecule has 2 aliphatic rings. The lowest BCUT2D eigenvalue weighted by atomic mass is 10.00. The molecule has 2 aromatic rings. The Morgan fingerprint density at radius 2 is 2.16 bits per heavy atom. The highest BCUT2D eigenvalue weighted by Crippen LogP contribution is 2.35. The van der Waals surface area contributed by atoms with Crippen LogP contribution in [0.5, 0.6) is 11.5 Å². The molecule has 25 heavy (non-hydrogen) atoms. The van der Waals surface area contributed by atoms with Gasteiger partial charge in [0.05, 0.1) is 0 Å². The number of rotatable bonds is 4. The summed E-state index contributed by atoms with van der Waals surface area (Å²) in [6.45, 7) is 3.68. The van der Waals surface area contributed by atoms with Crippen LogP contribution in [0, 0.1) is 5.92 Å². The lowest BCUT2D eigenvalue weighted by Gasteiger charge is -2.22.